The topological polar surface area (TPSA) is 96.5 Å². The van der Waals surface area contributed by atoms with E-state index in [0.29, 0.717) is 16.6 Å². The van der Waals surface area contributed by atoms with E-state index in [1.807, 2.05) is 60.7 Å². The molecule has 2 aromatic carbocycles. The van der Waals surface area contributed by atoms with Crippen molar-refractivity contribution >= 4 is 22.4 Å². The summed E-state index contributed by atoms with van der Waals surface area (Å²) in [6, 6.07) is 18.9. The second kappa shape index (κ2) is 6.62. The van der Waals surface area contributed by atoms with Crippen LogP contribution in [0.15, 0.2) is 80.2 Å². The number of hydrogen-bond donors (Lipinski definition) is 1. The Morgan fingerprint density at radius 3 is 2.32 bits per heavy atom. The van der Waals surface area contributed by atoms with Gasteiger partial charge in [-0.25, -0.2) is 9.95 Å². The zero-order chi connectivity index (χ0) is 17.1. The van der Waals surface area contributed by atoms with Crippen LogP contribution < -0.4 is 5.63 Å². The summed E-state index contributed by atoms with van der Waals surface area (Å²) in [4.78, 5) is 16.2. The Morgan fingerprint density at radius 1 is 0.920 bits per heavy atom. The molecule has 122 valence electrons. The Labute approximate surface area is 145 Å². The number of aromatic nitrogens is 3. The highest BCUT2D eigenvalue weighted by Crippen LogP contribution is 2.28. The van der Waals surface area contributed by atoms with Gasteiger partial charge in [0.05, 0.1) is 0 Å². The van der Waals surface area contributed by atoms with Crippen molar-refractivity contribution in [2.45, 2.75) is 0 Å². The van der Waals surface area contributed by atoms with E-state index in [-0.39, 0.29) is 5.69 Å². The van der Waals surface area contributed by atoms with Gasteiger partial charge in [0.2, 0.25) is 5.13 Å². The van der Waals surface area contributed by atoms with Crippen molar-refractivity contribution in [2.75, 3.05) is 0 Å². The molecule has 0 spiro atoms. The summed E-state index contributed by atoms with van der Waals surface area (Å²) < 4.78 is 9.10. The molecule has 0 aliphatic heterocycles. The third kappa shape index (κ3) is 3.15. The van der Waals surface area contributed by atoms with E-state index < -0.39 is 5.63 Å². The highest BCUT2D eigenvalue weighted by atomic mass is 32.1. The predicted molar refractivity (Wildman–Crippen MR) is 94.3 cm³/mol. The molecule has 25 heavy (non-hydrogen) atoms. The quantitative estimate of drug-likeness (QED) is 0.546. The van der Waals surface area contributed by atoms with Gasteiger partial charge in [0.25, 0.3) is 0 Å². The van der Waals surface area contributed by atoms with Gasteiger partial charge in [0.15, 0.2) is 11.5 Å². The van der Waals surface area contributed by atoms with Crippen LogP contribution in [-0.2, 0) is 0 Å². The Kier molecular flexibility index (Phi) is 4.01. The van der Waals surface area contributed by atoms with Gasteiger partial charge in [-0.05, 0) is 0 Å². The molecule has 0 aliphatic rings. The number of hydrogen-bond acceptors (Lipinski definition) is 7. The lowest BCUT2D eigenvalue weighted by Gasteiger charge is -1.95. The van der Waals surface area contributed by atoms with Gasteiger partial charge in [0.1, 0.15) is 5.69 Å². The number of rotatable bonds is 4. The number of H-pyrrole nitrogens is 1. The van der Waals surface area contributed by atoms with Crippen LogP contribution in [0.2, 0.25) is 0 Å². The third-order valence-corrected chi connectivity index (χ3v) is 4.02. The number of azo groups is 1. The Morgan fingerprint density at radius 2 is 1.60 bits per heavy atom. The van der Waals surface area contributed by atoms with E-state index in [2.05, 4.69) is 24.7 Å². The van der Waals surface area contributed by atoms with Gasteiger partial charge >= 0.3 is 5.63 Å². The fraction of sp³-hybridized carbons (Fsp3) is 0. The minimum absolute atomic E-state index is 0.0997. The van der Waals surface area contributed by atoms with Gasteiger partial charge in [0, 0.05) is 22.7 Å². The lowest BCUT2D eigenvalue weighted by molar-refractivity contribution is 0.394. The number of aromatic amines is 1. The molecule has 0 saturated heterocycles. The highest BCUT2D eigenvalue weighted by molar-refractivity contribution is 7.09. The summed E-state index contributed by atoms with van der Waals surface area (Å²) in [5.74, 6) is 0.573. The maximum atomic E-state index is 11.9. The Hall–Kier alpha value is -3.39. The molecule has 0 radical (unpaired) electrons. The van der Waals surface area contributed by atoms with Crippen LogP contribution in [0, 0.1) is 0 Å². The van der Waals surface area contributed by atoms with Crippen molar-refractivity contribution in [1.82, 2.24) is 14.5 Å². The number of nitrogens with zero attached hydrogens (tertiary/aromatic N) is 4. The molecule has 0 unspecified atom stereocenters. The molecule has 0 atom stereocenters. The summed E-state index contributed by atoms with van der Waals surface area (Å²) in [7, 11) is 0. The lowest BCUT2D eigenvalue weighted by atomic mass is 10.1. The molecule has 0 bridgehead atoms. The summed E-state index contributed by atoms with van der Waals surface area (Å²) in [5.41, 5.74) is 1.66. The number of benzene rings is 2. The molecule has 4 aromatic rings. The zero-order valence-corrected chi connectivity index (χ0v) is 13.6. The van der Waals surface area contributed by atoms with E-state index in [4.69, 9.17) is 4.52 Å². The van der Waals surface area contributed by atoms with Gasteiger partial charge in [-0.15, -0.1) is 10.2 Å². The van der Waals surface area contributed by atoms with Crippen molar-refractivity contribution in [3.05, 3.63) is 71.1 Å². The second-order valence-electron chi connectivity index (χ2n) is 5.05. The molecule has 0 amide bonds. The van der Waals surface area contributed by atoms with Gasteiger partial charge in [-0.2, -0.15) is 9.36 Å². The molecule has 8 heteroatoms. The van der Waals surface area contributed by atoms with Crippen molar-refractivity contribution in [3.63, 3.8) is 0 Å². The SMILES string of the molecule is O=c1o[nH]c(-c2ccccc2)c1N=Nc1nc(-c2ccccc2)ns1. The first-order valence-corrected chi connectivity index (χ1v) is 8.16. The molecule has 2 aromatic heterocycles. The van der Waals surface area contributed by atoms with Crippen LogP contribution in [0.4, 0.5) is 10.8 Å². The first-order valence-electron chi connectivity index (χ1n) is 7.39. The van der Waals surface area contributed by atoms with E-state index in [9.17, 15) is 4.79 Å². The molecule has 0 saturated carbocycles. The van der Waals surface area contributed by atoms with Crippen molar-refractivity contribution in [1.29, 1.82) is 0 Å². The zero-order valence-electron chi connectivity index (χ0n) is 12.8. The number of nitrogens with one attached hydrogen (secondary N) is 1. The monoisotopic (exact) mass is 349 g/mol. The van der Waals surface area contributed by atoms with Crippen LogP contribution in [0.1, 0.15) is 0 Å². The molecule has 7 nitrogen and oxygen atoms in total. The van der Waals surface area contributed by atoms with Crippen molar-refractivity contribution in [3.8, 4) is 22.6 Å². The van der Waals surface area contributed by atoms with E-state index in [1.54, 1.807) is 0 Å². The molecular weight excluding hydrogens is 338 g/mol. The fourth-order valence-corrected chi connectivity index (χ4v) is 2.76. The van der Waals surface area contributed by atoms with E-state index >= 15 is 0 Å². The summed E-state index contributed by atoms with van der Waals surface area (Å²) in [6.45, 7) is 0. The third-order valence-electron chi connectivity index (χ3n) is 3.42. The predicted octanol–water partition coefficient (Wildman–Crippen LogP) is 4.57. The summed E-state index contributed by atoms with van der Waals surface area (Å²) >= 11 is 1.11. The molecule has 0 aliphatic carbocycles. The average molecular weight is 349 g/mol. The van der Waals surface area contributed by atoms with E-state index in [1.165, 1.54) is 0 Å². The lowest BCUT2D eigenvalue weighted by Crippen LogP contribution is -1.90. The first kappa shape index (κ1) is 15.2. The van der Waals surface area contributed by atoms with Crippen LogP contribution >= 0.6 is 11.5 Å². The first-order chi connectivity index (χ1) is 12.3. The molecule has 2 heterocycles. The summed E-state index contributed by atoms with van der Waals surface area (Å²) in [5, 5.41) is 11.0. The van der Waals surface area contributed by atoms with Gasteiger partial charge in [-0.3, -0.25) is 0 Å². The highest BCUT2D eigenvalue weighted by Gasteiger charge is 2.14. The Balaban J connectivity index is 1.65. The maximum Gasteiger partial charge on any atom is 0.385 e. The minimum atomic E-state index is -0.588. The smallest absolute Gasteiger partial charge is 0.336 e. The summed E-state index contributed by atoms with van der Waals surface area (Å²) in [6.07, 6.45) is 0. The van der Waals surface area contributed by atoms with Gasteiger partial charge < -0.3 is 4.52 Å². The van der Waals surface area contributed by atoms with Crippen molar-refractivity contribution < 1.29 is 4.52 Å². The van der Waals surface area contributed by atoms with Crippen molar-refractivity contribution in [2.24, 2.45) is 10.2 Å². The van der Waals surface area contributed by atoms with Crippen LogP contribution in [0.25, 0.3) is 22.6 Å². The molecule has 0 fully saturated rings. The van der Waals surface area contributed by atoms with Gasteiger partial charge in [-0.1, -0.05) is 60.7 Å². The average Bonchev–Trinajstić information content (AvgIpc) is 3.28. The largest absolute Gasteiger partial charge is 0.385 e. The molecule has 4 rings (SSSR count). The fourth-order valence-electron chi connectivity index (χ4n) is 2.24. The van der Waals surface area contributed by atoms with Crippen LogP contribution in [0.5, 0.6) is 0 Å². The Bertz CT molecular complexity index is 1070. The normalized spacial score (nSPS) is 11.2. The molecule has 1 N–H and O–H groups in total. The van der Waals surface area contributed by atoms with Crippen LogP contribution in [-0.4, -0.2) is 14.5 Å². The molecular formula is C17H11N5O2S. The maximum absolute atomic E-state index is 11.9. The minimum Gasteiger partial charge on any atom is -0.336 e. The standard InChI is InChI=1S/C17H11N5O2S/c23-16-14(13(21-24-16)11-7-3-1-4-8-11)19-20-17-18-15(22-25-17)12-9-5-2-6-10-12/h1-10,21H. The second-order valence-corrected chi connectivity index (χ2v) is 5.78. The van der Waals surface area contributed by atoms with E-state index in [0.717, 1.165) is 22.7 Å². The van der Waals surface area contributed by atoms with Crippen LogP contribution in [0.3, 0.4) is 0 Å².